The summed E-state index contributed by atoms with van der Waals surface area (Å²) >= 11 is 1.40. The fourth-order valence-electron chi connectivity index (χ4n) is 1.35. The van der Waals surface area contributed by atoms with Gasteiger partial charge in [0.25, 0.3) is 0 Å². The lowest BCUT2D eigenvalue weighted by molar-refractivity contribution is 0.799. The van der Waals surface area contributed by atoms with Gasteiger partial charge in [-0.15, -0.1) is 0 Å². The first-order chi connectivity index (χ1) is 8.15. The molecule has 0 aliphatic carbocycles. The molecule has 1 aromatic carbocycles. The van der Waals surface area contributed by atoms with Crippen molar-refractivity contribution in [3.05, 3.63) is 35.7 Å². The minimum absolute atomic E-state index is 0.373. The number of nitrogens with two attached hydrogens (primary N) is 1. The third-order valence-corrected chi connectivity index (χ3v) is 3.07. The van der Waals surface area contributed by atoms with Crippen LogP contribution in [-0.4, -0.2) is 9.36 Å². The van der Waals surface area contributed by atoms with E-state index in [0.29, 0.717) is 5.92 Å². The Morgan fingerprint density at radius 1 is 1.29 bits per heavy atom. The van der Waals surface area contributed by atoms with E-state index in [0.717, 1.165) is 23.2 Å². The van der Waals surface area contributed by atoms with E-state index >= 15 is 0 Å². The van der Waals surface area contributed by atoms with Gasteiger partial charge in [-0.05, 0) is 17.7 Å². The number of nitrogens with one attached hydrogen (secondary N) is 1. The molecule has 0 amide bonds. The lowest BCUT2D eigenvalue weighted by Gasteiger charge is -2.02. The monoisotopic (exact) mass is 248 g/mol. The molecule has 0 aliphatic heterocycles. The zero-order valence-electron chi connectivity index (χ0n) is 9.97. The second-order valence-corrected chi connectivity index (χ2v) is 4.96. The molecule has 0 radical (unpaired) electrons. The average molecular weight is 248 g/mol. The van der Waals surface area contributed by atoms with Crippen molar-refractivity contribution in [2.45, 2.75) is 26.3 Å². The van der Waals surface area contributed by atoms with Crippen molar-refractivity contribution in [3.63, 3.8) is 0 Å². The van der Waals surface area contributed by atoms with Gasteiger partial charge < -0.3 is 11.1 Å². The molecule has 0 saturated carbocycles. The highest BCUT2D eigenvalue weighted by Crippen LogP contribution is 2.18. The maximum Gasteiger partial charge on any atom is 0.202 e. The van der Waals surface area contributed by atoms with Crippen molar-refractivity contribution in [2.75, 3.05) is 11.1 Å². The molecule has 0 aliphatic rings. The van der Waals surface area contributed by atoms with Crippen LogP contribution in [0.15, 0.2) is 24.3 Å². The van der Waals surface area contributed by atoms with Gasteiger partial charge >= 0.3 is 0 Å². The van der Waals surface area contributed by atoms with Crippen LogP contribution in [0.5, 0.6) is 0 Å². The van der Waals surface area contributed by atoms with Crippen molar-refractivity contribution in [1.29, 1.82) is 0 Å². The Hall–Kier alpha value is -1.62. The summed E-state index contributed by atoms with van der Waals surface area (Å²) in [7, 11) is 0. The SMILES string of the molecule is CC(C)c1nsc(NCc2ccc(N)cc2)n1. The smallest absolute Gasteiger partial charge is 0.202 e. The van der Waals surface area contributed by atoms with E-state index in [1.807, 2.05) is 24.3 Å². The van der Waals surface area contributed by atoms with E-state index < -0.39 is 0 Å². The summed E-state index contributed by atoms with van der Waals surface area (Å²) in [5, 5.41) is 4.13. The molecule has 2 aromatic rings. The first kappa shape index (κ1) is 11.9. The molecule has 4 nitrogen and oxygen atoms in total. The summed E-state index contributed by atoms with van der Waals surface area (Å²) in [6, 6.07) is 7.81. The van der Waals surface area contributed by atoms with Crippen molar-refractivity contribution in [1.82, 2.24) is 9.36 Å². The molecular formula is C12H16N4S. The zero-order valence-corrected chi connectivity index (χ0v) is 10.8. The van der Waals surface area contributed by atoms with E-state index in [-0.39, 0.29) is 0 Å². The lowest BCUT2D eigenvalue weighted by Crippen LogP contribution is -1.99. The van der Waals surface area contributed by atoms with Gasteiger partial charge in [0.1, 0.15) is 5.82 Å². The first-order valence-corrected chi connectivity index (χ1v) is 6.34. The van der Waals surface area contributed by atoms with Gasteiger partial charge in [-0.3, -0.25) is 0 Å². The molecule has 0 spiro atoms. The van der Waals surface area contributed by atoms with E-state index in [1.165, 1.54) is 17.1 Å². The predicted molar refractivity (Wildman–Crippen MR) is 72.2 cm³/mol. The van der Waals surface area contributed by atoms with Crippen LogP contribution in [0, 0.1) is 0 Å². The Balaban J connectivity index is 1.95. The van der Waals surface area contributed by atoms with Gasteiger partial charge in [-0.1, -0.05) is 26.0 Å². The summed E-state index contributed by atoms with van der Waals surface area (Å²) in [6.07, 6.45) is 0. The quantitative estimate of drug-likeness (QED) is 0.817. The normalized spacial score (nSPS) is 10.8. The molecule has 0 atom stereocenters. The Labute approximate surface area is 105 Å². The fraction of sp³-hybridized carbons (Fsp3) is 0.333. The number of benzene rings is 1. The fourth-order valence-corrected chi connectivity index (χ4v) is 2.06. The molecule has 0 unspecified atom stereocenters. The molecule has 0 bridgehead atoms. The Morgan fingerprint density at radius 2 is 2.00 bits per heavy atom. The van der Waals surface area contributed by atoms with Gasteiger partial charge in [0.15, 0.2) is 0 Å². The molecule has 90 valence electrons. The Bertz CT molecular complexity index is 476. The van der Waals surface area contributed by atoms with Crippen molar-refractivity contribution >= 4 is 22.4 Å². The van der Waals surface area contributed by atoms with Crippen LogP contribution in [0.4, 0.5) is 10.8 Å². The van der Waals surface area contributed by atoms with Crippen molar-refractivity contribution in [3.8, 4) is 0 Å². The third kappa shape index (κ3) is 3.17. The van der Waals surface area contributed by atoms with Crippen molar-refractivity contribution in [2.24, 2.45) is 0 Å². The van der Waals surface area contributed by atoms with Crippen LogP contribution in [0.2, 0.25) is 0 Å². The van der Waals surface area contributed by atoms with Crippen LogP contribution in [-0.2, 0) is 6.54 Å². The highest BCUT2D eigenvalue weighted by atomic mass is 32.1. The number of hydrogen-bond acceptors (Lipinski definition) is 5. The number of nitrogens with zero attached hydrogens (tertiary/aromatic N) is 2. The van der Waals surface area contributed by atoms with Crippen LogP contribution in [0.25, 0.3) is 0 Å². The van der Waals surface area contributed by atoms with Crippen LogP contribution in [0.3, 0.4) is 0 Å². The average Bonchev–Trinajstić information content (AvgIpc) is 2.77. The van der Waals surface area contributed by atoms with Crippen LogP contribution in [0.1, 0.15) is 31.2 Å². The number of rotatable bonds is 4. The van der Waals surface area contributed by atoms with E-state index in [2.05, 4.69) is 28.5 Å². The largest absolute Gasteiger partial charge is 0.399 e. The number of hydrogen-bond donors (Lipinski definition) is 2. The maximum atomic E-state index is 5.63. The van der Waals surface area contributed by atoms with E-state index in [1.54, 1.807) is 0 Å². The molecule has 2 rings (SSSR count). The van der Waals surface area contributed by atoms with Gasteiger partial charge in [0, 0.05) is 29.7 Å². The van der Waals surface area contributed by atoms with E-state index in [4.69, 9.17) is 5.73 Å². The molecule has 0 fully saturated rings. The van der Waals surface area contributed by atoms with Crippen LogP contribution < -0.4 is 11.1 Å². The zero-order chi connectivity index (χ0) is 12.3. The summed E-state index contributed by atoms with van der Waals surface area (Å²) in [6.45, 7) is 4.92. The highest BCUT2D eigenvalue weighted by Gasteiger charge is 2.06. The van der Waals surface area contributed by atoms with Gasteiger partial charge in [0.2, 0.25) is 5.13 Å². The predicted octanol–water partition coefficient (Wildman–Crippen LogP) is 2.86. The minimum atomic E-state index is 0.373. The standard InChI is InChI=1S/C12H16N4S/c1-8(2)11-15-12(17-16-11)14-7-9-3-5-10(13)6-4-9/h3-6,8H,7,13H2,1-2H3,(H,14,15,16). The second kappa shape index (κ2) is 5.14. The molecule has 0 saturated heterocycles. The lowest BCUT2D eigenvalue weighted by atomic mass is 10.2. The molecular weight excluding hydrogens is 232 g/mol. The molecule has 5 heteroatoms. The summed E-state index contributed by atoms with van der Waals surface area (Å²) in [4.78, 5) is 4.41. The summed E-state index contributed by atoms with van der Waals surface area (Å²) < 4.78 is 4.29. The number of nitrogen functional groups attached to an aromatic ring is 1. The first-order valence-electron chi connectivity index (χ1n) is 5.57. The number of anilines is 2. The third-order valence-electron chi connectivity index (χ3n) is 2.38. The number of aromatic nitrogens is 2. The topological polar surface area (TPSA) is 63.8 Å². The van der Waals surface area contributed by atoms with Gasteiger partial charge in [-0.25, -0.2) is 4.98 Å². The molecule has 1 heterocycles. The van der Waals surface area contributed by atoms with E-state index in [9.17, 15) is 0 Å². The summed E-state index contributed by atoms with van der Waals surface area (Å²) in [5.74, 6) is 1.27. The molecule has 1 aromatic heterocycles. The summed E-state index contributed by atoms with van der Waals surface area (Å²) in [5.41, 5.74) is 7.59. The Kier molecular flexibility index (Phi) is 3.58. The van der Waals surface area contributed by atoms with Crippen molar-refractivity contribution < 1.29 is 0 Å². The molecule has 17 heavy (non-hydrogen) atoms. The molecule has 3 N–H and O–H groups in total. The highest BCUT2D eigenvalue weighted by molar-refractivity contribution is 7.09. The second-order valence-electron chi connectivity index (χ2n) is 4.21. The van der Waals surface area contributed by atoms with Gasteiger partial charge in [-0.2, -0.15) is 4.37 Å². The Morgan fingerprint density at radius 3 is 2.59 bits per heavy atom. The minimum Gasteiger partial charge on any atom is -0.399 e. The van der Waals surface area contributed by atoms with Crippen LogP contribution >= 0.6 is 11.5 Å². The maximum absolute atomic E-state index is 5.63. The van der Waals surface area contributed by atoms with Gasteiger partial charge in [0.05, 0.1) is 0 Å².